The number of methoxy groups -OCH3 is 1. The number of imidazole rings is 1. The number of hydrogen-bond donors (Lipinski definition) is 0. The molecular formula is C16H25N5O2. The second-order valence-corrected chi connectivity index (χ2v) is 5.71. The second-order valence-electron chi connectivity index (χ2n) is 5.71. The average Bonchev–Trinajstić information content (AvgIpc) is 3.14. The summed E-state index contributed by atoms with van der Waals surface area (Å²) in [4.78, 5) is 18.7. The van der Waals surface area contributed by atoms with Crippen molar-refractivity contribution in [2.24, 2.45) is 7.05 Å². The van der Waals surface area contributed by atoms with E-state index in [9.17, 15) is 4.79 Å². The maximum absolute atomic E-state index is 12.9. The van der Waals surface area contributed by atoms with Gasteiger partial charge in [-0.25, -0.2) is 4.98 Å². The van der Waals surface area contributed by atoms with Gasteiger partial charge in [-0.05, 0) is 20.8 Å². The van der Waals surface area contributed by atoms with Crippen LogP contribution in [0.5, 0.6) is 0 Å². The van der Waals surface area contributed by atoms with Crippen molar-refractivity contribution >= 4 is 5.91 Å². The number of aryl methyl sites for hydroxylation is 2. The summed E-state index contributed by atoms with van der Waals surface area (Å²) in [5, 5.41) is 4.43. The molecule has 0 radical (unpaired) electrons. The fourth-order valence-corrected chi connectivity index (χ4v) is 2.60. The van der Waals surface area contributed by atoms with E-state index in [1.54, 1.807) is 25.8 Å². The lowest BCUT2D eigenvalue weighted by molar-refractivity contribution is -0.135. The molecule has 0 aromatic carbocycles. The molecule has 2 aromatic heterocycles. The highest BCUT2D eigenvalue weighted by atomic mass is 16.5. The minimum Gasteiger partial charge on any atom is -0.383 e. The average molecular weight is 319 g/mol. The number of carbonyl (C=O) groups is 1. The smallest absolute Gasteiger partial charge is 0.245 e. The molecule has 2 aromatic rings. The van der Waals surface area contributed by atoms with Gasteiger partial charge in [0.15, 0.2) is 0 Å². The lowest BCUT2D eigenvalue weighted by Gasteiger charge is -2.26. The van der Waals surface area contributed by atoms with Crippen LogP contribution in [0.3, 0.4) is 0 Å². The largest absolute Gasteiger partial charge is 0.383 e. The molecule has 23 heavy (non-hydrogen) atoms. The van der Waals surface area contributed by atoms with Gasteiger partial charge in [0.05, 0.1) is 18.6 Å². The number of hydrogen-bond acceptors (Lipinski definition) is 4. The van der Waals surface area contributed by atoms with Gasteiger partial charge < -0.3 is 14.2 Å². The van der Waals surface area contributed by atoms with Crippen LogP contribution in [0.15, 0.2) is 18.7 Å². The van der Waals surface area contributed by atoms with Crippen LogP contribution >= 0.6 is 0 Å². The van der Waals surface area contributed by atoms with E-state index in [4.69, 9.17) is 4.74 Å². The van der Waals surface area contributed by atoms with Crippen molar-refractivity contribution in [1.82, 2.24) is 24.2 Å². The molecule has 1 amide bonds. The van der Waals surface area contributed by atoms with Crippen LogP contribution in [0.1, 0.15) is 29.9 Å². The highest BCUT2D eigenvalue weighted by molar-refractivity contribution is 5.80. The third-order valence-electron chi connectivity index (χ3n) is 4.21. The van der Waals surface area contributed by atoms with Gasteiger partial charge in [-0.2, -0.15) is 5.10 Å². The summed E-state index contributed by atoms with van der Waals surface area (Å²) in [7, 11) is 3.56. The number of ether oxygens (including phenoxy) is 1. The third kappa shape index (κ3) is 3.79. The molecular weight excluding hydrogens is 294 g/mol. The maximum Gasteiger partial charge on any atom is 0.245 e. The van der Waals surface area contributed by atoms with Crippen molar-refractivity contribution < 1.29 is 9.53 Å². The molecule has 7 nitrogen and oxygen atoms in total. The molecule has 7 heteroatoms. The van der Waals surface area contributed by atoms with E-state index in [0.717, 1.165) is 17.0 Å². The van der Waals surface area contributed by atoms with Crippen LogP contribution in [0.2, 0.25) is 0 Å². The molecule has 2 rings (SSSR count). The number of aromatic nitrogens is 4. The van der Waals surface area contributed by atoms with Crippen molar-refractivity contribution in [3.8, 4) is 0 Å². The monoisotopic (exact) mass is 319 g/mol. The number of carbonyl (C=O) groups excluding carboxylic acids is 1. The van der Waals surface area contributed by atoms with E-state index in [-0.39, 0.29) is 11.9 Å². The van der Waals surface area contributed by atoms with Crippen LogP contribution in [0, 0.1) is 13.8 Å². The highest BCUT2D eigenvalue weighted by Gasteiger charge is 2.23. The van der Waals surface area contributed by atoms with Crippen molar-refractivity contribution in [2.75, 3.05) is 20.3 Å². The molecule has 0 aliphatic heterocycles. The summed E-state index contributed by atoms with van der Waals surface area (Å²) in [5.74, 6) is 0.0442. The SMILES string of the molecule is COCCN(Cc1c(C)nn(C)c1C)C(=O)[C@H](C)n1ccnc1. The van der Waals surface area contributed by atoms with Crippen LogP contribution in [0.25, 0.3) is 0 Å². The molecule has 0 saturated carbocycles. The zero-order chi connectivity index (χ0) is 17.0. The van der Waals surface area contributed by atoms with E-state index >= 15 is 0 Å². The Bertz CT molecular complexity index is 648. The second kappa shape index (κ2) is 7.41. The Kier molecular flexibility index (Phi) is 5.54. The Labute approximate surface area is 136 Å². The zero-order valence-corrected chi connectivity index (χ0v) is 14.5. The van der Waals surface area contributed by atoms with Gasteiger partial charge in [-0.3, -0.25) is 9.48 Å². The van der Waals surface area contributed by atoms with Gasteiger partial charge in [0.25, 0.3) is 0 Å². The number of nitrogens with zero attached hydrogens (tertiary/aromatic N) is 5. The fourth-order valence-electron chi connectivity index (χ4n) is 2.60. The van der Waals surface area contributed by atoms with E-state index in [1.807, 2.05) is 42.0 Å². The van der Waals surface area contributed by atoms with Crippen LogP contribution in [-0.2, 0) is 23.1 Å². The molecule has 0 aliphatic rings. The fraction of sp³-hybridized carbons (Fsp3) is 0.562. The molecule has 2 heterocycles. The molecule has 0 N–H and O–H groups in total. The van der Waals surface area contributed by atoms with E-state index in [1.165, 1.54) is 0 Å². The van der Waals surface area contributed by atoms with Crippen molar-refractivity contribution in [1.29, 1.82) is 0 Å². The standard InChI is InChI=1S/C16H25N5O2/c1-12-15(13(2)19(4)18-12)10-20(8-9-23-5)16(22)14(3)21-7-6-17-11-21/h6-7,11,14H,8-10H2,1-5H3/t14-/m0/s1. The predicted octanol–water partition coefficient (Wildman–Crippen LogP) is 1.47. The van der Waals surface area contributed by atoms with Crippen molar-refractivity contribution in [3.63, 3.8) is 0 Å². The minimum atomic E-state index is -0.299. The van der Waals surface area contributed by atoms with Crippen molar-refractivity contribution in [3.05, 3.63) is 35.7 Å². The topological polar surface area (TPSA) is 65.2 Å². The first-order valence-corrected chi connectivity index (χ1v) is 7.70. The lowest BCUT2D eigenvalue weighted by atomic mass is 10.1. The third-order valence-corrected chi connectivity index (χ3v) is 4.21. The molecule has 0 bridgehead atoms. The van der Waals surface area contributed by atoms with E-state index in [0.29, 0.717) is 19.7 Å². The summed E-state index contributed by atoms with van der Waals surface area (Å²) < 4.78 is 8.82. The minimum absolute atomic E-state index is 0.0442. The first kappa shape index (κ1) is 17.2. The Morgan fingerprint density at radius 1 is 1.43 bits per heavy atom. The predicted molar refractivity (Wildman–Crippen MR) is 86.9 cm³/mol. The Balaban J connectivity index is 2.20. The molecule has 0 aliphatic carbocycles. The Morgan fingerprint density at radius 3 is 2.70 bits per heavy atom. The first-order chi connectivity index (χ1) is 11.0. The van der Waals surface area contributed by atoms with Crippen molar-refractivity contribution in [2.45, 2.75) is 33.4 Å². The van der Waals surface area contributed by atoms with Crippen LogP contribution < -0.4 is 0 Å². The molecule has 1 atom stereocenters. The van der Waals surface area contributed by atoms with Gasteiger partial charge in [0, 0.05) is 50.9 Å². The first-order valence-electron chi connectivity index (χ1n) is 7.70. The molecule has 126 valence electrons. The summed E-state index contributed by atoms with van der Waals surface area (Å²) in [6.07, 6.45) is 5.15. The summed E-state index contributed by atoms with van der Waals surface area (Å²) in [5.41, 5.74) is 3.12. The normalized spacial score (nSPS) is 12.4. The Hall–Kier alpha value is -2.15. The van der Waals surface area contributed by atoms with Gasteiger partial charge in [0.1, 0.15) is 6.04 Å². The summed E-state index contributed by atoms with van der Waals surface area (Å²) in [6.45, 7) is 7.45. The summed E-state index contributed by atoms with van der Waals surface area (Å²) in [6, 6.07) is -0.299. The molecule has 0 spiro atoms. The summed E-state index contributed by atoms with van der Waals surface area (Å²) >= 11 is 0. The maximum atomic E-state index is 12.9. The van der Waals surface area contributed by atoms with E-state index < -0.39 is 0 Å². The van der Waals surface area contributed by atoms with Gasteiger partial charge in [0.2, 0.25) is 5.91 Å². The van der Waals surface area contributed by atoms with Gasteiger partial charge >= 0.3 is 0 Å². The molecule has 0 saturated heterocycles. The van der Waals surface area contributed by atoms with Gasteiger partial charge in [-0.15, -0.1) is 0 Å². The Morgan fingerprint density at radius 2 is 2.17 bits per heavy atom. The zero-order valence-electron chi connectivity index (χ0n) is 14.5. The van der Waals surface area contributed by atoms with E-state index in [2.05, 4.69) is 10.1 Å². The highest BCUT2D eigenvalue weighted by Crippen LogP contribution is 2.18. The lowest BCUT2D eigenvalue weighted by Crippen LogP contribution is -2.38. The molecule has 0 unspecified atom stereocenters. The molecule has 0 fully saturated rings. The van der Waals surface area contributed by atoms with Crippen LogP contribution in [0.4, 0.5) is 0 Å². The number of amides is 1. The number of rotatable bonds is 7. The van der Waals surface area contributed by atoms with Gasteiger partial charge in [-0.1, -0.05) is 0 Å². The van der Waals surface area contributed by atoms with Crippen LogP contribution in [-0.4, -0.2) is 50.4 Å². The quantitative estimate of drug-likeness (QED) is 0.775.